The third-order valence-electron chi connectivity index (χ3n) is 4.29. The van der Waals surface area contributed by atoms with Crippen LogP contribution >= 0.6 is 0 Å². The van der Waals surface area contributed by atoms with Gasteiger partial charge in [0.1, 0.15) is 0 Å². The van der Waals surface area contributed by atoms with Gasteiger partial charge in [0.05, 0.1) is 6.54 Å². The number of hydrogen-bond acceptors (Lipinski definition) is 4. The zero-order chi connectivity index (χ0) is 13.7. The number of amides is 1. The average Bonchev–Trinajstić information content (AvgIpc) is 2.40. The molecule has 5 nitrogen and oxygen atoms in total. The van der Waals surface area contributed by atoms with E-state index >= 15 is 0 Å². The number of hydrogen-bond donors (Lipinski definition) is 1. The fraction of sp³-hybridized carbons (Fsp3) is 0.929. The number of carbonyl (C=O) groups excluding carboxylic acids is 1. The number of nitrogens with one attached hydrogen (secondary N) is 1. The summed E-state index contributed by atoms with van der Waals surface area (Å²) in [5.41, 5.74) is 0. The first-order chi connectivity index (χ1) is 9.15. The zero-order valence-electron chi connectivity index (χ0n) is 12.4. The van der Waals surface area contributed by atoms with Crippen LogP contribution in [0, 0.1) is 5.92 Å². The lowest BCUT2D eigenvalue weighted by Crippen LogP contribution is -2.50. The Hall–Kier alpha value is -0.650. The van der Waals surface area contributed by atoms with Crippen molar-refractivity contribution in [2.45, 2.75) is 12.8 Å². The average molecular weight is 268 g/mol. The van der Waals surface area contributed by atoms with Crippen LogP contribution in [0.25, 0.3) is 0 Å². The molecule has 2 fully saturated rings. The van der Waals surface area contributed by atoms with E-state index < -0.39 is 0 Å². The summed E-state index contributed by atoms with van der Waals surface area (Å²) in [6.07, 6.45) is 2.49. The van der Waals surface area contributed by atoms with Crippen LogP contribution in [0.2, 0.25) is 0 Å². The van der Waals surface area contributed by atoms with Crippen molar-refractivity contribution >= 4 is 5.91 Å². The first kappa shape index (κ1) is 14.8. The van der Waals surface area contributed by atoms with Crippen molar-refractivity contribution in [3.63, 3.8) is 0 Å². The van der Waals surface area contributed by atoms with Crippen LogP contribution < -0.4 is 5.32 Å². The number of carbonyl (C=O) groups is 1. The summed E-state index contributed by atoms with van der Waals surface area (Å²) < 4.78 is 0. The van der Waals surface area contributed by atoms with E-state index in [1.807, 2.05) is 4.90 Å². The molecule has 1 N–H and O–H groups in total. The van der Waals surface area contributed by atoms with Crippen molar-refractivity contribution in [2.24, 2.45) is 5.92 Å². The van der Waals surface area contributed by atoms with Gasteiger partial charge in [-0.05, 0) is 45.9 Å². The molecule has 5 heteroatoms. The van der Waals surface area contributed by atoms with E-state index in [9.17, 15) is 4.79 Å². The van der Waals surface area contributed by atoms with E-state index in [-0.39, 0.29) is 0 Å². The Kier molecular flexibility index (Phi) is 5.60. The van der Waals surface area contributed by atoms with Crippen LogP contribution in [0.5, 0.6) is 0 Å². The molecular formula is C14H28N4O. The fourth-order valence-electron chi connectivity index (χ4n) is 2.96. The minimum absolute atomic E-state index is 0.296. The predicted octanol–water partition coefficient (Wildman–Crippen LogP) is -0.308. The normalized spacial score (nSPS) is 23.0. The van der Waals surface area contributed by atoms with Crippen molar-refractivity contribution < 1.29 is 4.79 Å². The van der Waals surface area contributed by atoms with Crippen LogP contribution in [0.15, 0.2) is 0 Å². The smallest absolute Gasteiger partial charge is 0.236 e. The van der Waals surface area contributed by atoms with Gasteiger partial charge in [0.15, 0.2) is 0 Å². The minimum atomic E-state index is 0.296. The lowest BCUT2D eigenvalue weighted by atomic mass is 9.98. The molecule has 110 valence electrons. The maximum atomic E-state index is 12.2. The summed E-state index contributed by atoms with van der Waals surface area (Å²) in [5.74, 6) is 1.05. The number of nitrogens with zero attached hydrogens (tertiary/aromatic N) is 3. The van der Waals surface area contributed by atoms with Crippen LogP contribution in [0.4, 0.5) is 0 Å². The molecule has 1 amide bonds. The van der Waals surface area contributed by atoms with Gasteiger partial charge in [-0.3, -0.25) is 9.69 Å². The standard InChI is InChI=1S/C14H28N4O/c1-16-7-9-18(10-8-16)14(19)12-17(2)11-13-3-5-15-6-4-13/h13,15H,3-12H2,1-2H3. The lowest BCUT2D eigenvalue weighted by molar-refractivity contribution is -0.133. The molecule has 0 saturated carbocycles. The molecule has 0 aliphatic carbocycles. The molecule has 2 saturated heterocycles. The lowest BCUT2D eigenvalue weighted by Gasteiger charge is -2.34. The van der Waals surface area contributed by atoms with Gasteiger partial charge in [-0.15, -0.1) is 0 Å². The second-order valence-corrected chi connectivity index (χ2v) is 6.07. The Balaban J connectivity index is 1.69. The Bertz CT molecular complexity index is 283. The first-order valence-electron chi connectivity index (χ1n) is 7.50. The van der Waals surface area contributed by atoms with Gasteiger partial charge < -0.3 is 15.1 Å². The van der Waals surface area contributed by atoms with Crippen molar-refractivity contribution in [3.8, 4) is 0 Å². The number of piperidine rings is 1. The van der Waals surface area contributed by atoms with Gasteiger partial charge in [-0.25, -0.2) is 0 Å². The van der Waals surface area contributed by atoms with E-state index in [4.69, 9.17) is 0 Å². The summed E-state index contributed by atoms with van der Waals surface area (Å²) in [5, 5.41) is 3.39. The summed E-state index contributed by atoms with van der Waals surface area (Å²) in [7, 11) is 4.20. The zero-order valence-corrected chi connectivity index (χ0v) is 12.4. The molecule has 0 unspecified atom stereocenters. The molecule has 0 aromatic rings. The molecule has 2 rings (SSSR count). The summed E-state index contributed by atoms with van der Waals surface area (Å²) >= 11 is 0. The number of piperazine rings is 1. The quantitative estimate of drug-likeness (QED) is 0.759. The fourth-order valence-corrected chi connectivity index (χ4v) is 2.96. The van der Waals surface area contributed by atoms with Gasteiger partial charge in [0.2, 0.25) is 5.91 Å². The van der Waals surface area contributed by atoms with Crippen molar-refractivity contribution in [1.29, 1.82) is 0 Å². The largest absolute Gasteiger partial charge is 0.339 e. The number of likely N-dealkylation sites (N-methyl/N-ethyl adjacent to an activating group) is 2. The molecule has 2 aliphatic rings. The van der Waals surface area contributed by atoms with Crippen molar-refractivity contribution in [1.82, 2.24) is 20.0 Å². The van der Waals surface area contributed by atoms with Crippen LogP contribution in [-0.2, 0) is 4.79 Å². The summed E-state index contributed by atoms with van der Waals surface area (Å²) in [6.45, 7) is 7.67. The topological polar surface area (TPSA) is 38.8 Å². The van der Waals surface area contributed by atoms with Gasteiger partial charge in [-0.2, -0.15) is 0 Å². The molecule has 2 aliphatic heterocycles. The molecule has 0 spiro atoms. The highest BCUT2D eigenvalue weighted by molar-refractivity contribution is 5.78. The third-order valence-corrected chi connectivity index (χ3v) is 4.29. The van der Waals surface area contributed by atoms with E-state index in [0.29, 0.717) is 12.5 Å². The van der Waals surface area contributed by atoms with E-state index in [2.05, 4.69) is 29.2 Å². The summed E-state index contributed by atoms with van der Waals surface area (Å²) in [4.78, 5) is 18.7. The monoisotopic (exact) mass is 268 g/mol. The maximum absolute atomic E-state index is 12.2. The van der Waals surface area contributed by atoms with Gasteiger partial charge in [-0.1, -0.05) is 0 Å². The molecule has 0 atom stereocenters. The Morgan fingerprint density at radius 2 is 1.84 bits per heavy atom. The molecule has 0 bridgehead atoms. The highest BCUT2D eigenvalue weighted by Gasteiger charge is 2.21. The molecule has 2 heterocycles. The van der Waals surface area contributed by atoms with E-state index in [0.717, 1.165) is 51.7 Å². The van der Waals surface area contributed by atoms with Crippen LogP contribution in [-0.4, -0.2) is 87.1 Å². The Morgan fingerprint density at radius 3 is 2.47 bits per heavy atom. The molecule has 0 aromatic heterocycles. The maximum Gasteiger partial charge on any atom is 0.236 e. The second kappa shape index (κ2) is 7.22. The minimum Gasteiger partial charge on any atom is -0.339 e. The second-order valence-electron chi connectivity index (χ2n) is 6.07. The van der Waals surface area contributed by atoms with Gasteiger partial charge in [0.25, 0.3) is 0 Å². The van der Waals surface area contributed by atoms with Crippen molar-refractivity contribution in [3.05, 3.63) is 0 Å². The predicted molar refractivity (Wildman–Crippen MR) is 77.2 cm³/mol. The van der Waals surface area contributed by atoms with E-state index in [1.54, 1.807) is 0 Å². The molecule has 0 aromatic carbocycles. The molecular weight excluding hydrogens is 240 g/mol. The SMILES string of the molecule is CN1CCN(C(=O)CN(C)CC2CCNCC2)CC1. The highest BCUT2D eigenvalue weighted by Crippen LogP contribution is 2.12. The van der Waals surface area contributed by atoms with Gasteiger partial charge in [0, 0.05) is 32.7 Å². The van der Waals surface area contributed by atoms with Crippen molar-refractivity contribution in [2.75, 3.05) is 66.5 Å². The van der Waals surface area contributed by atoms with Gasteiger partial charge >= 0.3 is 0 Å². The number of rotatable bonds is 4. The third kappa shape index (κ3) is 4.75. The Labute approximate surface area is 116 Å². The summed E-state index contributed by atoms with van der Waals surface area (Å²) in [6, 6.07) is 0. The molecule has 19 heavy (non-hydrogen) atoms. The first-order valence-corrected chi connectivity index (χ1v) is 7.50. The Morgan fingerprint density at radius 1 is 1.21 bits per heavy atom. The van der Waals surface area contributed by atoms with Crippen LogP contribution in [0.1, 0.15) is 12.8 Å². The highest BCUT2D eigenvalue weighted by atomic mass is 16.2. The van der Waals surface area contributed by atoms with Crippen LogP contribution in [0.3, 0.4) is 0 Å². The van der Waals surface area contributed by atoms with E-state index in [1.165, 1.54) is 12.8 Å². The molecule has 0 radical (unpaired) electrons.